The molecular formula is C20H24ClN3O2. The molecule has 1 N–H and O–H groups in total. The summed E-state index contributed by atoms with van der Waals surface area (Å²) in [6.07, 6.45) is 6.41. The van der Waals surface area contributed by atoms with Gasteiger partial charge in [-0.25, -0.2) is 4.98 Å². The summed E-state index contributed by atoms with van der Waals surface area (Å²) in [4.78, 5) is 19.4. The zero-order valence-electron chi connectivity index (χ0n) is 15.2. The van der Waals surface area contributed by atoms with Gasteiger partial charge in [-0.15, -0.1) is 0 Å². The number of carbonyl (C=O) groups excluding carboxylic acids is 1. The number of pyridine rings is 1. The summed E-state index contributed by atoms with van der Waals surface area (Å²) in [6.45, 7) is 3.24. The molecule has 5 nitrogen and oxygen atoms in total. The molecular weight excluding hydrogens is 350 g/mol. The van der Waals surface area contributed by atoms with Crippen molar-refractivity contribution in [1.29, 1.82) is 0 Å². The third-order valence-corrected chi connectivity index (χ3v) is 5.05. The summed E-state index contributed by atoms with van der Waals surface area (Å²) < 4.78 is 5.26. The molecule has 1 aromatic carbocycles. The lowest BCUT2D eigenvalue weighted by Crippen LogP contribution is -2.39. The zero-order valence-corrected chi connectivity index (χ0v) is 15.9. The monoisotopic (exact) mass is 373 g/mol. The van der Waals surface area contributed by atoms with E-state index in [9.17, 15) is 4.79 Å². The molecule has 0 radical (unpaired) electrons. The maximum atomic E-state index is 12.5. The van der Waals surface area contributed by atoms with Gasteiger partial charge in [0.05, 0.1) is 18.4 Å². The van der Waals surface area contributed by atoms with E-state index >= 15 is 0 Å². The maximum Gasteiger partial charge on any atom is 0.257 e. The van der Waals surface area contributed by atoms with E-state index in [1.54, 1.807) is 31.5 Å². The van der Waals surface area contributed by atoms with Gasteiger partial charge in [-0.1, -0.05) is 18.5 Å². The largest absolute Gasteiger partial charge is 0.495 e. The molecule has 0 aliphatic carbocycles. The summed E-state index contributed by atoms with van der Waals surface area (Å²) in [5.74, 6) is 1.26. The number of hydrogen-bond acceptors (Lipinski definition) is 4. The van der Waals surface area contributed by atoms with Gasteiger partial charge in [0, 0.05) is 23.8 Å². The van der Waals surface area contributed by atoms with Gasteiger partial charge in [0.1, 0.15) is 11.6 Å². The average molecular weight is 374 g/mol. The van der Waals surface area contributed by atoms with Crippen molar-refractivity contribution in [1.82, 2.24) is 4.98 Å². The maximum absolute atomic E-state index is 12.5. The number of rotatable bonds is 5. The van der Waals surface area contributed by atoms with Crippen molar-refractivity contribution in [2.24, 2.45) is 0 Å². The Morgan fingerprint density at radius 2 is 2.19 bits per heavy atom. The Balaban J connectivity index is 1.74. The number of nitrogens with one attached hydrogen (secondary N) is 1. The molecule has 1 fully saturated rings. The van der Waals surface area contributed by atoms with E-state index in [4.69, 9.17) is 16.3 Å². The molecule has 1 aliphatic heterocycles. The van der Waals surface area contributed by atoms with Crippen LogP contribution in [0.25, 0.3) is 0 Å². The SMILES string of the molecule is CCC1CCCCN1c1ccc(C(=O)Nc2cc(Cl)ccc2OC)cn1. The number of ether oxygens (including phenoxy) is 1. The van der Waals surface area contributed by atoms with Crippen LogP contribution in [0.5, 0.6) is 5.75 Å². The van der Waals surface area contributed by atoms with Crippen LogP contribution >= 0.6 is 11.6 Å². The molecule has 0 saturated carbocycles. The lowest BCUT2D eigenvalue weighted by atomic mass is 10.00. The Bertz CT molecular complexity index is 764. The predicted octanol–water partition coefficient (Wildman–Crippen LogP) is 4.76. The average Bonchev–Trinajstić information content (AvgIpc) is 2.68. The molecule has 0 bridgehead atoms. The molecule has 3 rings (SSSR count). The molecule has 6 heteroatoms. The normalized spacial score (nSPS) is 17.0. The third-order valence-electron chi connectivity index (χ3n) is 4.81. The molecule has 1 aromatic heterocycles. The predicted molar refractivity (Wildman–Crippen MR) is 105 cm³/mol. The lowest BCUT2D eigenvalue weighted by molar-refractivity contribution is 0.102. The number of methoxy groups -OCH3 is 1. The van der Waals surface area contributed by atoms with Crippen LogP contribution in [-0.4, -0.2) is 30.6 Å². The summed E-state index contributed by atoms with van der Waals surface area (Å²) in [5.41, 5.74) is 1.04. The number of aromatic nitrogens is 1. The number of carbonyl (C=O) groups is 1. The molecule has 138 valence electrons. The number of amides is 1. The summed E-state index contributed by atoms with van der Waals surface area (Å²) in [7, 11) is 1.55. The van der Waals surface area contributed by atoms with Crippen LogP contribution in [0, 0.1) is 0 Å². The molecule has 1 atom stereocenters. The van der Waals surface area contributed by atoms with Crippen molar-refractivity contribution >= 4 is 29.0 Å². The van der Waals surface area contributed by atoms with Crippen molar-refractivity contribution in [3.8, 4) is 5.75 Å². The number of hydrogen-bond donors (Lipinski definition) is 1. The molecule has 1 saturated heterocycles. The van der Waals surface area contributed by atoms with Crippen LogP contribution in [0.1, 0.15) is 43.0 Å². The van der Waals surface area contributed by atoms with Gasteiger partial charge in [0.15, 0.2) is 0 Å². The van der Waals surface area contributed by atoms with Crippen molar-refractivity contribution in [2.75, 3.05) is 23.9 Å². The standard InChI is InChI=1S/C20H24ClN3O2/c1-3-16-6-4-5-11-24(16)19-10-7-14(13-22-19)20(25)23-17-12-15(21)8-9-18(17)26-2/h7-10,12-13,16H,3-6,11H2,1-2H3,(H,23,25). The van der Waals surface area contributed by atoms with Crippen LogP contribution in [-0.2, 0) is 0 Å². The highest BCUT2D eigenvalue weighted by Crippen LogP contribution is 2.28. The highest BCUT2D eigenvalue weighted by Gasteiger charge is 2.22. The smallest absolute Gasteiger partial charge is 0.257 e. The Hall–Kier alpha value is -2.27. The first-order chi connectivity index (χ1) is 12.6. The fourth-order valence-corrected chi connectivity index (χ4v) is 3.56. The second kappa shape index (κ2) is 8.41. The van der Waals surface area contributed by atoms with Crippen molar-refractivity contribution in [2.45, 2.75) is 38.6 Å². The minimum absolute atomic E-state index is 0.240. The molecule has 26 heavy (non-hydrogen) atoms. The Morgan fingerprint density at radius 1 is 1.35 bits per heavy atom. The van der Waals surface area contributed by atoms with E-state index in [0.717, 1.165) is 18.8 Å². The Morgan fingerprint density at radius 3 is 2.88 bits per heavy atom. The Labute approximate surface area is 159 Å². The van der Waals surface area contributed by atoms with Crippen LogP contribution in [0.2, 0.25) is 5.02 Å². The van der Waals surface area contributed by atoms with Crippen molar-refractivity contribution in [3.05, 3.63) is 47.1 Å². The van der Waals surface area contributed by atoms with Gasteiger partial charge in [-0.05, 0) is 56.0 Å². The first-order valence-electron chi connectivity index (χ1n) is 9.00. The van der Waals surface area contributed by atoms with Gasteiger partial charge < -0.3 is 15.0 Å². The number of piperidine rings is 1. The highest BCUT2D eigenvalue weighted by atomic mass is 35.5. The van der Waals surface area contributed by atoms with Crippen LogP contribution in [0.3, 0.4) is 0 Å². The summed E-state index contributed by atoms with van der Waals surface area (Å²) >= 11 is 6.01. The summed E-state index contributed by atoms with van der Waals surface area (Å²) in [5, 5.41) is 3.37. The van der Waals surface area contributed by atoms with Crippen LogP contribution < -0.4 is 15.0 Å². The third kappa shape index (κ3) is 4.10. The van der Waals surface area contributed by atoms with Crippen molar-refractivity contribution < 1.29 is 9.53 Å². The molecule has 2 heterocycles. The quantitative estimate of drug-likeness (QED) is 0.820. The van der Waals surface area contributed by atoms with E-state index in [1.807, 2.05) is 12.1 Å². The minimum atomic E-state index is -0.240. The van der Waals surface area contributed by atoms with Gasteiger partial charge >= 0.3 is 0 Å². The fourth-order valence-electron chi connectivity index (χ4n) is 3.39. The van der Waals surface area contributed by atoms with Crippen molar-refractivity contribution in [3.63, 3.8) is 0 Å². The van der Waals surface area contributed by atoms with E-state index in [-0.39, 0.29) is 5.91 Å². The zero-order chi connectivity index (χ0) is 18.5. The van der Waals surface area contributed by atoms with Crippen LogP contribution in [0.4, 0.5) is 11.5 Å². The van der Waals surface area contributed by atoms with E-state index in [0.29, 0.717) is 28.1 Å². The topological polar surface area (TPSA) is 54.5 Å². The van der Waals surface area contributed by atoms with E-state index in [1.165, 1.54) is 19.3 Å². The highest BCUT2D eigenvalue weighted by molar-refractivity contribution is 6.31. The first kappa shape index (κ1) is 18.5. The molecule has 1 amide bonds. The summed E-state index contributed by atoms with van der Waals surface area (Å²) in [6, 6.07) is 9.38. The number of halogens is 1. The molecule has 2 aromatic rings. The number of benzene rings is 1. The van der Waals surface area contributed by atoms with Gasteiger partial charge in [-0.2, -0.15) is 0 Å². The van der Waals surface area contributed by atoms with Gasteiger partial charge in [-0.3, -0.25) is 4.79 Å². The second-order valence-corrected chi connectivity index (χ2v) is 6.89. The lowest BCUT2D eigenvalue weighted by Gasteiger charge is -2.36. The molecule has 1 aliphatic rings. The van der Waals surface area contributed by atoms with Gasteiger partial charge in [0.25, 0.3) is 5.91 Å². The fraction of sp³-hybridized carbons (Fsp3) is 0.400. The first-order valence-corrected chi connectivity index (χ1v) is 9.37. The van der Waals surface area contributed by atoms with Gasteiger partial charge in [0.2, 0.25) is 0 Å². The minimum Gasteiger partial charge on any atom is -0.495 e. The molecule has 0 spiro atoms. The van der Waals surface area contributed by atoms with E-state index in [2.05, 4.69) is 22.1 Å². The van der Waals surface area contributed by atoms with E-state index < -0.39 is 0 Å². The number of nitrogens with zero attached hydrogens (tertiary/aromatic N) is 2. The Kier molecular flexibility index (Phi) is 5.99. The molecule has 1 unspecified atom stereocenters. The van der Waals surface area contributed by atoms with Crippen LogP contribution in [0.15, 0.2) is 36.5 Å². The number of anilines is 2. The second-order valence-electron chi connectivity index (χ2n) is 6.46.